The summed E-state index contributed by atoms with van der Waals surface area (Å²) < 4.78 is 17.7. The van der Waals surface area contributed by atoms with E-state index in [2.05, 4.69) is 9.97 Å². The van der Waals surface area contributed by atoms with Gasteiger partial charge in [0.25, 0.3) is 0 Å². The van der Waals surface area contributed by atoms with Crippen LogP contribution in [0.1, 0.15) is 52.3 Å². The zero-order valence-electron chi connectivity index (χ0n) is 12.5. The van der Waals surface area contributed by atoms with E-state index < -0.39 is 7.12 Å². The first-order chi connectivity index (χ1) is 9.39. The maximum absolute atomic E-state index is 6.00. The molecule has 0 aromatic carbocycles. The molecule has 0 radical (unpaired) electrons. The molecule has 2 fully saturated rings. The fourth-order valence-electron chi connectivity index (χ4n) is 2.44. The Morgan fingerprint density at radius 1 is 1.15 bits per heavy atom. The van der Waals surface area contributed by atoms with Crippen LogP contribution >= 0.6 is 0 Å². The fraction of sp³-hybridized carbons (Fsp3) is 0.714. The molecule has 20 heavy (non-hydrogen) atoms. The van der Waals surface area contributed by atoms with Crippen molar-refractivity contribution >= 4 is 12.7 Å². The lowest BCUT2D eigenvalue weighted by molar-refractivity contribution is 0.00578. The van der Waals surface area contributed by atoms with E-state index in [1.54, 1.807) is 12.4 Å². The number of rotatable bonds is 2. The van der Waals surface area contributed by atoms with Crippen molar-refractivity contribution in [1.82, 2.24) is 9.97 Å². The second kappa shape index (κ2) is 4.79. The molecule has 2 saturated heterocycles. The molecule has 2 aliphatic heterocycles. The Balaban J connectivity index is 1.83. The molecule has 0 aliphatic carbocycles. The molecule has 0 bridgehead atoms. The summed E-state index contributed by atoms with van der Waals surface area (Å²) in [6.45, 7) is 8.93. The molecule has 0 amide bonds. The zero-order chi connectivity index (χ0) is 14.4. The zero-order valence-corrected chi connectivity index (χ0v) is 12.5. The molecular formula is C14H21BN2O3. The van der Waals surface area contributed by atoms with E-state index in [9.17, 15) is 0 Å². The number of nitrogens with zero attached hydrogens (tertiary/aromatic N) is 2. The van der Waals surface area contributed by atoms with Crippen LogP contribution < -0.4 is 5.59 Å². The second-order valence-corrected chi connectivity index (χ2v) is 6.46. The predicted octanol–water partition coefficient (Wildman–Crippen LogP) is 1.63. The minimum Gasteiger partial charge on any atom is -0.398 e. The van der Waals surface area contributed by atoms with Crippen molar-refractivity contribution in [2.75, 3.05) is 6.61 Å². The molecule has 0 N–H and O–H groups in total. The lowest BCUT2D eigenvalue weighted by Gasteiger charge is -2.32. The van der Waals surface area contributed by atoms with Crippen LogP contribution in [0.25, 0.3) is 0 Å². The first-order valence-electron chi connectivity index (χ1n) is 7.18. The summed E-state index contributed by atoms with van der Waals surface area (Å²) >= 11 is 0. The topological polar surface area (TPSA) is 53.5 Å². The van der Waals surface area contributed by atoms with Crippen LogP contribution in [0.4, 0.5) is 0 Å². The van der Waals surface area contributed by atoms with E-state index in [0.717, 1.165) is 30.7 Å². The molecular weight excluding hydrogens is 255 g/mol. The summed E-state index contributed by atoms with van der Waals surface area (Å²) in [4.78, 5) is 8.90. The molecule has 2 aliphatic rings. The summed E-state index contributed by atoms with van der Waals surface area (Å²) in [6, 6.07) is 0. The SMILES string of the molecule is CC1(C)OB(c2cncc(C3CCCO3)n2)OC1(C)C. The highest BCUT2D eigenvalue weighted by atomic mass is 16.7. The van der Waals surface area contributed by atoms with Gasteiger partial charge in [-0.05, 0) is 40.5 Å². The predicted molar refractivity (Wildman–Crippen MR) is 75.7 cm³/mol. The second-order valence-electron chi connectivity index (χ2n) is 6.46. The number of aromatic nitrogens is 2. The summed E-state index contributed by atoms with van der Waals surface area (Å²) in [5, 5.41) is 0. The average Bonchev–Trinajstić information content (AvgIpc) is 2.97. The molecule has 0 spiro atoms. The molecule has 108 valence electrons. The molecule has 3 heterocycles. The largest absolute Gasteiger partial charge is 0.516 e. The highest BCUT2D eigenvalue weighted by molar-refractivity contribution is 6.61. The third kappa shape index (κ3) is 2.36. The molecule has 0 saturated carbocycles. The van der Waals surface area contributed by atoms with Gasteiger partial charge < -0.3 is 14.0 Å². The maximum atomic E-state index is 6.00. The Labute approximate surface area is 120 Å². The first kappa shape index (κ1) is 14.0. The van der Waals surface area contributed by atoms with E-state index >= 15 is 0 Å². The molecule has 1 atom stereocenters. The summed E-state index contributed by atoms with van der Waals surface area (Å²) in [6.07, 6.45) is 5.62. The lowest BCUT2D eigenvalue weighted by Crippen LogP contribution is -2.41. The van der Waals surface area contributed by atoms with Gasteiger partial charge in [0.15, 0.2) is 0 Å². The van der Waals surface area contributed by atoms with E-state index in [1.165, 1.54) is 0 Å². The number of hydrogen-bond acceptors (Lipinski definition) is 5. The van der Waals surface area contributed by atoms with Gasteiger partial charge in [-0.1, -0.05) is 0 Å². The summed E-state index contributed by atoms with van der Waals surface area (Å²) in [7, 11) is -0.464. The number of ether oxygens (including phenoxy) is 1. The molecule has 6 heteroatoms. The minimum absolute atomic E-state index is 0.0601. The molecule has 3 rings (SSSR count). The maximum Gasteiger partial charge on any atom is 0.516 e. The number of hydrogen-bond donors (Lipinski definition) is 0. The average molecular weight is 276 g/mol. The Bertz CT molecular complexity index is 485. The van der Waals surface area contributed by atoms with Gasteiger partial charge in [-0.3, -0.25) is 9.97 Å². The molecule has 1 aromatic rings. The van der Waals surface area contributed by atoms with Crippen molar-refractivity contribution in [2.24, 2.45) is 0 Å². The smallest absolute Gasteiger partial charge is 0.398 e. The Kier molecular flexibility index (Phi) is 3.35. The van der Waals surface area contributed by atoms with E-state index in [1.807, 2.05) is 27.7 Å². The van der Waals surface area contributed by atoms with Gasteiger partial charge in [-0.15, -0.1) is 0 Å². The van der Waals surface area contributed by atoms with Crippen LogP contribution in [-0.2, 0) is 14.0 Å². The summed E-state index contributed by atoms with van der Waals surface area (Å²) in [5.41, 5.74) is 0.865. The van der Waals surface area contributed by atoms with Gasteiger partial charge in [0, 0.05) is 12.8 Å². The quantitative estimate of drug-likeness (QED) is 0.768. The van der Waals surface area contributed by atoms with Gasteiger partial charge in [0.1, 0.15) is 6.10 Å². The van der Waals surface area contributed by atoms with Crippen molar-refractivity contribution in [3.05, 3.63) is 18.1 Å². The monoisotopic (exact) mass is 276 g/mol. The third-order valence-corrected chi connectivity index (χ3v) is 4.43. The van der Waals surface area contributed by atoms with Crippen molar-refractivity contribution in [2.45, 2.75) is 57.8 Å². The van der Waals surface area contributed by atoms with Crippen LogP contribution in [0.2, 0.25) is 0 Å². The van der Waals surface area contributed by atoms with Gasteiger partial charge in [0.2, 0.25) is 0 Å². The normalized spacial score (nSPS) is 28.0. The van der Waals surface area contributed by atoms with E-state index in [4.69, 9.17) is 14.0 Å². The van der Waals surface area contributed by atoms with Crippen LogP contribution in [0, 0.1) is 0 Å². The van der Waals surface area contributed by atoms with Crippen molar-refractivity contribution in [3.8, 4) is 0 Å². The highest BCUT2D eigenvalue weighted by Gasteiger charge is 2.52. The Hall–Kier alpha value is -0.975. The van der Waals surface area contributed by atoms with Crippen LogP contribution in [-0.4, -0.2) is 34.9 Å². The standard InChI is InChI=1S/C14H21BN2O3/c1-13(2)14(3,4)20-15(19-13)12-9-16-8-10(17-12)11-6-5-7-18-11/h8-9,11H,5-7H2,1-4H3. The fourth-order valence-corrected chi connectivity index (χ4v) is 2.44. The minimum atomic E-state index is -0.464. The van der Waals surface area contributed by atoms with E-state index in [-0.39, 0.29) is 17.3 Å². The molecule has 1 unspecified atom stereocenters. The van der Waals surface area contributed by atoms with Crippen molar-refractivity contribution in [3.63, 3.8) is 0 Å². The van der Waals surface area contributed by atoms with Gasteiger partial charge in [0.05, 0.1) is 28.7 Å². The van der Waals surface area contributed by atoms with Gasteiger partial charge >= 0.3 is 7.12 Å². The molecule has 1 aromatic heterocycles. The molecule has 5 nitrogen and oxygen atoms in total. The van der Waals surface area contributed by atoms with Gasteiger partial charge in [-0.25, -0.2) is 0 Å². The van der Waals surface area contributed by atoms with Crippen LogP contribution in [0.5, 0.6) is 0 Å². The third-order valence-electron chi connectivity index (χ3n) is 4.43. The Morgan fingerprint density at radius 3 is 2.45 bits per heavy atom. The van der Waals surface area contributed by atoms with Crippen LogP contribution in [0.3, 0.4) is 0 Å². The van der Waals surface area contributed by atoms with E-state index in [0.29, 0.717) is 0 Å². The Morgan fingerprint density at radius 2 is 1.85 bits per heavy atom. The van der Waals surface area contributed by atoms with Crippen molar-refractivity contribution < 1.29 is 14.0 Å². The van der Waals surface area contributed by atoms with Crippen LogP contribution in [0.15, 0.2) is 12.4 Å². The summed E-state index contributed by atoms with van der Waals surface area (Å²) in [5.74, 6) is 0. The first-order valence-corrected chi connectivity index (χ1v) is 7.18. The lowest BCUT2D eigenvalue weighted by atomic mass is 9.85. The highest BCUT2D eigenvalue weighted by Crippen LogP contribution is 2.36. The van der Waals surface area contributed by atoms with Gasteiger partial charge in [-0.2, -0.15) is 0 Å². The van der Waals surface area contributed by atoms with Crippen molar-refractivity contribution in [1.29, 1.82) is 0 Å².